The smallest absolute Gasteiger partial charge is 0.145 e. The lowest BCUT2D eigenvalue weighted by Crippen LogP contribution is -2.10. The molecule has 47 heavy (non-hydrogen) atoms. The highest BCUT2D eigenvalue weighted by atomic mass is 16.3. The van der Waals surface area contributed by atoms with Crippen molar-refractivity contribution in [3.05, 3.63) is 164 Å². The van der Waals surface area contributed by atoms with Crippen LogP contribution in [0.5, 0.6) is 0 Å². The summed E-state index contributed by atoms with van der Waals surface area (Å²) in [6.45, 7) is 0. The van der Waals surface area contributed by atoms with Crippen molar-refractivity contribution in [1.82, 2.24) is 0 Å². The van der Waals surface area contributed by atoms with Gasteiger partial charge in [0.15, 0.2) is 0 Å². The first-order chi connectivity index (χ1) is 23.3. The molecule has 0 aliphatic rings. The molecule has 0 aliphatic carbocycles. The summed E-state index contributed by atoms with van der Waals surface area (Å²) >= 11 is 0. The van der Waals surface area contributed by atoms with E-state index in [1.54, 1.807) is 0 Å². The summed E-state index contributed by atoms with van der Waals surface area (Å²) in [5, 5.41) is 9.09. The Morgan fingerprint density at radius 2 is 1.00 bits per heavy atom. The summed E-state index contributed by atoms with van der Waals surface area (Å²) < 4.78 is 12.9. The molecule has 0 spiro atoms. The van der Waals surface area contributed by atoms with E-state index in [1.165, 1.54) is 21.9 Å². The minimum Gasteiger partial charge on any atom is -0.456 e. The highest BCUT2D eigenvalue weighted by molar-refractivity contribution is 6.22. The van der Waals surface area contributed by atoms with Gasteiger partial charge in [0.25, 0.3) is 0 Å². The zero-order valence-corrected chi connectivity index (χ0v) is 25.4. The van der Waals surface area contributed by atoms with Crippen molar-refractivity contribution in [1.29, 1.82) is 0 Å². The lowest BCUT2D eigenvalue weighted by Gasteiger charge is -2.27. The van der Waals surface area contributed by atoms with E-state index >= 15 is 0 Å². The molecular weight excluding hydrogens is 574 g/mol. The van der Waals surface area contributed by atoms with E-state index in [0.29, 0.717) is 0 Å². The monoisotopic (exact) mass is 601 g/mol. The Bertz CT molecular complexity index is 2800. The Morgan fingerprint density at radius 3 is 1.83 bits per heavy atom. The summed E-state index contributed by atoms with van der Waals surface area (Å²) in [4.78, 5) is 2.37. The zero-order chi connectivity index (χ0) is 30.9. The summed E-state index contributed by atoms with van der Waals surface area (Å²) in [5.41, 5.74) is 9.11. The molecule has 3 nitrogen and oxygen atoms in total. The highest BCUT2D eigenvalue weighted by Crippen LogP contribution is 2.47. The van der Waals surface area contributed by atoms with Gasteiger partial charge in [0.1, 0.15) is 22.3 Å². The van der Waals surface area contributed by atoms with Crippen molar-refractivity contribution in [2.24, 2.45) is 0 Å². The van der Waals surface area contributed by atoms with E-state index in [4.69, 9.17) is 8.83 Å². The van der Waals surface area contributed by atoms with E-state index in [9.17, 15) is 0 Å². The van der Waals surface area contributed by atoms with Crippen LogP contribution in [0.15, 0.2) is 173 Å². The van der Waals surface area contributed by atoms with Crippen molar-refractivity contribution in [2.45, 2.75) is 0 Å². The number of fused-ring (bicyclic) bond motifs is 9. The van der Waals surface area contributed by atoms with Gasteiger partial charge in [0.2, 0.25) is 0 Å². The van der Waals surface area contributed by atoms with E-state index in [1.807, 2.05) is 18.2 Å². The summed E-state index contributed by atoms with van der Waals surface area (Å²) in [7, 11) is 0. The summed E-state index contributed by atoms with van der Waals surface area (Å²) in [6.07, 6.45) is 0. The first kappa shape index (κ1) is 26.0. The molecule has 0 aliphatic heterocycles. The second kappa shape index (κ2) is 10.1. The maximum absolute atomic E-state index is 6.62. The fourth-order valence-electron chi connectivity index (χ4n) is 7.26. The van der Waals surface area contributed by atoms with E-state index < -0.39 is 0 Å². The molecule has 0 fully saturated rings. The number of hydrogen-bond acceptors (Lipinski definition) is 3. The third kappa shape index (κ3) is 4.00. The fraction of sp³-hybridized carbons (Fsp3) is 0. The highest BCUT2D eigenvalue weighted by Gasteiger charge is 2.22. The SMILES string of the molecule is c1ccc2c(-c3ccc(N(c4ccc5oc6ccccc6c5c4)c4cc5ccccc5c5oc6ccccc6c45)cc3)cccc2c1. The second-order valence-electron chi connectivity index (χ2n) is 12.1. The molecule has 3 heteroatoms. The summed E-state index contributed by atoms with van der Waals surface area (Å²) in [6, 6.07) is 57.9. The van der Waals surface area contributed by atoms with Crippen LogP contribution < -0.4 is 4.90 Å². The third-order valence-electron chi connectivity index (χ3n) is 9.43. The number of hydrogen-bond donors (Lipinski definition) is 0. The largest absolute Gasteiger partial charge is 0.456 e. The van der Waals surface area contributed by atoms with Crippen LogP contribution in [0.3, 0.4) is 0 Å². The average Bonchev–Trinajstić information content (AvgIpc) is 3.71. The number of benzene rings is 8. The van der Waals surface area contributed by atoms with Crippen molar-refractivity contribution in [3.63, 3.8) is 0 Å². The van der Waals surface area contributed by atoms with Crippen LogP contribution in [0.4, 0.5) is 17.1 Å². The maximum Gasteiger partial charge on any atom is 0.145 e. The molecule has 0 N–H and O–H groups in total. The number of furan rings is 2. The van der Waals surface area contributed by atoms with Crippen LogP contribution in [-0.2, 0) is 0 Å². The van der Waals surface area contributed by atoms with E-state index in [2.05, 4.69) is 150 Å². The second-order valence-corrected chi connectivity index (χ2v) is 12.1. The van der Waals surface area contributed by atoms with Gasteiger partial charge < -0.3 is 13.7 Å². The molecule has 0 atom stereocenters. The molecule has 0 radical (unpaired) electrons. The maximum atomic E-state index is 6.62. The molecule has 0 bridgehead atoms. The molecule has 2 aromatic heterocycles. The summed E-state index contributed by atoms with van der Waals surface area (Å²) in [5.74, 6) is 0. The van der Waals surface area contributed by atoms with Gasteiger partial charge in [-0.3, -0.25) is 0 Å². The van der Waals surface area contributed by atoms with Crippen molar-refractivity contribution in [2.75, 3.05) is 4.90 Å². The van der Waals surface area contributed by atoms with Gasteiger partial charge in [-0.25, -0.2) is 0 Å². The Hall–Kier alpha value is -6.32. The lowest BCUT2D eigenvalue weighted by molar-refractivity contribution is 0.669. The van der Waals surface area contributed by atoms with E-state index in [0.717, 1.165) is 71.7 Å². The fourth-order valence-corrected chi connectivity index (χ4v) is 7.26. The normalized spacial score (nSPS) is 11.8. The topological polar surface area (TPSA) is 29.5 Å². The number of anilines is 3. The predicted molar refractivity (Wildman–Crippen MR) is 196 cm³/mol. The Balaban J connectivity index is 1.25. The van der Waals surface area contributed by atoms with Gasteiger partial charge in [-0.2, -0.15) is 0 Å². The minimum absolute atomic E-state index is 0.874. The zero-order valence-electron chi connectivity index (χ0n) is 25.4. The van der Waals surface area contributed by atoms with Crippen LogP contribution in [-0.4, -0.2) is 0 Å². The molecule has 10 aromatic rings. The van der Waals surface area contributed by atoms with Crippen LogP contribution in [0.2, 0.25) is 0 Å². The van der Waals surface area contributed by atoms with E-state index in [-0.39, 0.29) is 0 Å². The van der Waals surface area contributed by atoms with Crippen LogP contribution >= 0.6 is 0 Å². The van der Waals surface area contributed by atoms with Gasteiger partial charge in [-0.05, 0) is 75.8 Å². The molecule has 10 rings (SSSR count). The van der Waals surface area contributed by atoms with Crippen LogP contribution in [0.25, 0.3) is 76.5 Å². The Morgan fingerprint density at radius 1 is 0.383 bits per heavy atom. The lowest BCUT2D eigenvalue weighted by atomic mass is 9.97. The van der Waals surface area contributed by atoms with Crippen LogP contribution in [0, 0.1) is 0 Å². The van der Waals surface area contributed by atoms with Crippen molar-refractivity contribution >= 4 is 82.5 Å². The standard InChI is InChI=1S/C44H27NO2/c1-3-13-33-28(10-1)12-9-17-34(33)29-20-22-31(23-21-29)45(32-24-25-42-38(27-32)36-15-5-7-18-40(36)46-42)39-26-30-11-2-4-14-35(30)44-43(39)37-16-6-8-19-41(37)47-44/h1-27H. The average molecular weight is 602 g/mol. The van der Waals surface area contributed by atoms with Crippen molar-refractivity contribution < 1.29 is 8.83 Å². The van der Waals surface area contributed by atoms with Gasteiger partial charge in [0, 0.05) is 32.9 Å². The van der Waals surface area contributed by atoms with Gasteiger partial charge in [-0.15, -0.1) is 0 Å². The first-order valence-electron chi connectivity index (χ1n) is 15.9. The molecular formula is C44H27NO2. The number of rotatable bonds is 4. The molecule has 0 amide bonds. The molecule has 8 aromatic carbocycles. The van der Waals surface area contributed by atoms with Gasteiger partial charge in [-0.1, -0.05) is 115 Å². The van der Waals surface area contributed by atoms with Gasteiger partial charge >= 0.3 is 0 Å². The molecule has 0 saturated heterocycles. The molecule has 220 valence electrons. The van der Waals surface area contributed by atoms with Crippen molar-refractivity contribution in [3.8, 4) is 11.1 Å². The molecule has 2 heterocycles. The predicted octanol–water partition coefficient (Wildman–Crippen LogP) is 12.9. The molecule has 0 saturated carbocycles. The van der Waals surface area contributed by atoms with Gasteiger partial charge in [0.05, 0.1) is 11.1 Å². The minimum atomic E-state index is 0.874. The first-order valence-corrected chi connectivity index (χ1v) is 15.9. The number of nitrogens with zero attached hydrogens (tertiary/aromatic N) is 1. The van der Waals surface area contributed by atoms with Crippen LogP contribution in [0.1, 0.15) is 0 Å². The Labute approximate surface area is 270 Å². The quantitative estimate of drug-likeness (QED) is 0.201. The third-order valence-corrected chi connectivity index (χ3v) is 9.43. The molecule has 0 unspecified atom stereocenters. The number of para-hydroxylation sites is 2. The Kier molecular flexibility index (Phi) is 5.57.